The molecule has 1 fully saturated rings. The van der Waals surface area contributed by atoms with E-state index in [1.807, 2.05) is 18.2 Å². The number of amides is 1. The van der Waals surface area contributed by atoms with Crippen molar-refractivity contribution in [1.29, 1.82) is 0 Å². The third-order valence-electron chi connectivity index (χ3n) is 5.01. The summed E-state index contributed by atoms with van der Waals surface area (Å²) in [4.78, 5) is 15.7. The Kier molecular flexibility index (Phi) is 10.6. The number of hydrogen-bond donors (Lipinski definition) is 3. The minimum Gasteiger partial charge on any atom is -0.492 e. The van der Waals surface area contributed by atoms with Crippen molar-refractivity contribution >= 4 is 34.6 Å². The van der Waals surface area contributed by atoms with E-state index in [2.05, 4.69) is 32.3 Å². The maximum Gasteiger partial charge on any atom is 0.225 e. The van der Waals surface area contributed by atoms with Crippen LogP contribution in [0.5, 0.6) is 5.75 Å². The highest BCUT2D eigenvalue weighted by molar-refractivity contribution is 7.80. The first-order chi connectivity index (χ1) is 15.7. The molecule has 2 aromatic heterocycles. The Balaban J connectivity index is 1.19. The summed E-state index contributed by atoms with van der Waals surface area (Å²) >= 11 is 6.93. The van der Waals surface area contributed by atoms with Crippen LogP contribution in [0.1, 0.15) is 42.7 Å². The maximum atomic E-state index is 11.9. The molecule has 7 nitrogen and oxygen atoms in total. The summed E-state index contributed by atoms with van der Waals surface area (Å²) in [5.74, 6) is 1.67. The van der Waals surface area contributed by atoms with E-state index in [9.17, 15) is 4.79 Å². The number of nitrogens with zero attached hydrogens (tertiary/aromatic N) is 1. The molecule has 1 amide bonds. The fraction of sp³-hybridized carbons (Fsp3) is 0.478. The number of likely N-dealkylation sites (tertiary alicyclic amines) is 1. The van der Waals surface area contributed by atoms with E-state index in [4.69, 9.17) is 21.4 Å². The van der Waals surface area contributed by atoms with Crippen molar-refractivity contribution < 1.29 is 13.9 Å². The Morgan fingerprint density at radius 1 is 1.28 bits per heavy atom. The fourth-order valence-electron chi connectivity index (χ4n) is 3.34. The molecular formula is C23H32N4O3S2. The van der Waals surface area contributed by atoms with Gasteiger partial charge in [-0.3, -0.25) is 9.69 Å². The summed E-state index contributed by atoms with van der Waals surface area (Å²) in [6.45, 7) is 5.00. The van der Waals surface area contributed by atoms with Crippen LogP contribution in [0.15, 0.2) is 46.5 Å². The van der Waals surface area contributed by atoms with Crippen molar-refractivity contribution in [3.8, 4) is 5.75 Å². The summed E-state index contributed by atoms with van der Waals surface area (Å²) in [5.41, 5.74) is 0. The minimum absolute atomic E-state index is 0.0660. The van der Waals surface area contributed by atoms with E-state index < -0.39 is 0 Å². The van der Waals surface area contributed by atoms with E-state index in [1.54, 1.807) is 23.8 Å². The molecule has 0 radical (unpaired) electrons. The second kappa shape index (κ2) is 13.9. The van der Waals surface area contributed by atoms with Gasteiger partial charge < -0.3 is 25.1 Å². The van der Waals surface area contributed by atoms with Crippen LogP contribution in [0, 0.1) is 0 Å². The molecule has 0 spiro atoms. The first-order valence-corrected chi connectivity index (χ1v) is 12.4. The zero-order valence-electron chi connectivity index (χ0n) is 18.3. The molecule has 9 heteroatoms. The monoisotopic (exact) mass is 476 g/mol. The Bertz CT molecular complexity index is 845. The van der Waals surface area contributed by atoms with E-state index in [1.165, 1.54) is 37.2 Å². The summed E-state index contributed by atoms with van der Waals surface area (Å²) in [7, 11) is 0. The SMILES string of the molecule is O=C(CCNC(=S)NCc1ccco1)N/C=C\CCOc1csc(CN2CCCCC2)c1. The predicted octanol–water partition coefficient (Wildman–Crippen LogP) is 3.78. The van der Waals surface area contributed by atoms with Gasteiger partial charge in [-0.1, -0.05) is 12.5 Å². The number of carbonyl (C=O) groups is 1. The van der Waals surface area contributed by atoms with Gasteiger partial charge in [-0.25, -0.2) is 0 Å². The number of rotatable bonds is 12. The highest BCUT2D eigenvalue weighted by Gasteiger charge is 2.11. The lowest BCUT2D eigenvalue weighted by molar-refractivity contribution is -0.120. The molecule has 0 unspecified atom stereocenters. The van der Waals surface area contributed by atoms with Crippen LogP contribution in [-0.2, 0) is 17.9 Å². The normalized spacial score (nSPS) is 14.4. The molecule has 3 rings (SSSR count). The Labute approximate surface area is 199 Å². The van der Waals surface area contributed by atoms with E-state index in [0.29, 0.717) is 31.2 Å². The highest BCUT2D eigenvalue weighted by Crippen LogP contribution is 2.24. The summed E-state index contributed by atoms with van der Waals surface area (Å²) < 4.78 is 11.0. The molecule has 1 saturated heterocycles. The number of ether oxygens (including phenoxy) is 1. The largest absolute Gasteiger partial charge is 0.492 e. The highest BCUT2D eigenvalue weighted by atomic mass is 32.1. The average molecular weight is 477 g/mol. The van der Waals surface area contributed by atoms with Crippen LogP contribution < -0.4 is 20.7 Å². The summed E-state index contributed by atoms with van der Waals surface area (Å²) in [5, 5.41) is 11.4. The van der Waals surface area contributed by atoms with Gasteiger partial charge in [0.2, 0.25) is 5.91 Å². The molecule has 32 heavy (non-hydrogen) atoms. The maximum absolute atomic E-state index is 11.9. The van der Waals surface area contributed by atoms with Gasteiger partial charge in [0.05, 0.1) is 19.4 Å². The molecule has 2 aromatic rings. The number of nitrogens with one attached hydrogen (secondary N) is 3. The first kappa shape index (κ1) is 24.3. The molecule has 3 heterocycles. The number of furan rings is 1. The lowest BCUT2D eigenvalue weighted by atomic mass is 10.1. The first-order valence-electron chi connectivity index (χ1n) is 11.1. The van der Waals surface area contributed by atoms with Gasteiger partial charge in [-0.2, -0.15) is 0 Å². The molecule has 0 aliphatic carbocycles. The topological polar surface area (TPSA) is 78.8 Å². The lowest BCUT2D eigenvalue weighted by Crippen LogP contribution is -2.36. The molecule has 0 bridgehead atoms. The smallest absolute Gasteiger partial charge is 0.225 e. The van der Waals surface area contributed by atoms with E-state index in [-0.39, 0.29) is 5.91 Å². The molecular weight excluding hydrogens is 444 g/mol. The number of thiophene rings is 1. The van der Waals surface area contributed by atoms with Crippen molar-refractivity contribution in [2.45, 2.75) is 45.2 Å². The molecule has 0 aromatic carbocycles. The second-order valence-electron chi connectivity index (χ2n) is 7.63. The van der Waals surface area contributed by atoms with E-state index >= 15 is 0 Å². The van der Waals surface area contributed by atoms with Gasteiger partial charge >= 0.3 is 0 Å². The quantitative estimate of drug-likeness (QED) is 0.318. The zero-order valence-corrected chi connectivity index (χ0v) is 19.9. The number of thiocarbonyl (C=S) groups is 1. The van der Waals surface area contributed by atoms with Crippen LogP contribution in [0.2, 0.25) is 0 Å². The van der Waals surface area contributed by atoms with Crippen LogP contribution in [0.25, 0.3) is 0 Å². The molecule has 0 saturated carbocycles. The molecule has 1 aliphatic rings. The second-order valence-corrected chi connectivity index (χ2v) is 9.04. The average Bonchev–Trinajstić information content (AvgIpc) is 3.48. The van der Waals surface area contributed by atoms with Crippen LogP contribution in [0.3, 0.4) is 0 Å². The number of piperidine rings is 1. The summed E-state index contributed by atoms with van der Waals surface area (Å²) in [6.07, 6.45) is 10.2. The Morgan fingerprint density at radius 3 is 2.97 bits per heavy atom. The van der Waals surface area contributed by atoms with Crippen molar-refractivity contribution in [2.75, 3.05) is 26.2 Å². The third-order valence-corrected chi connectivity index (χ3v) is 6.20. The van der Waals surface area contributed by atoms with Crippen LogP contribution in [0.4, 0.5) is 0 Å². The van der Waals surface area contributed by atoms with Crippen molar-refractivity contribution in [1.82, 2.24) is 20.9 Å². The molecule has 1 aliphatic heterocycles. The van der Waals surface area contributed by atoms with Crippen molar-refractivity contribution in [3.05, 3.63) is 52.8 Å². The van der Waals surface area contributed by atoms with Crippen molar-refractivity contribution in [2.24, 2.45) is 0 Å². The van der Waals surface area contributed by atoms with E-state index in [0.717, 1.165) is 24.5 Å². The zero-order chi connectivity index (χ0) is 22.4. The van der Waals surface area contributed by atoms with Gasteiger partial charge in [0.15, 0.2) is 5.11 Å². The van der Waals surface area contributed by atoms with Gasteiger partial charge in [0.25, 0.3) is 0 Å². The van der Waals surface area contributed by atoms with Crippen molar-refractivity contribution in [3.63, 3.8) is 0 Å². The van der Waals surface area contributed by atoms with Gasteiger partial charge in [0.1, 0.15) is 11.5 Å². The third kappa shape index (κ3) is 9.42. The van der Waals surface area contributed by atoms with Gasteiger partial charge in [0, 0.05) is 36.2 Å². The lowest BCUT2D eigenvalue weighted by Gasteiger charge is -2.25. The minimum atomic E-state index is -0.0660. The summed E-state index contributed by atoms with van der Waals surface area (Å²) in [6, 6.07) is 5.84. The molecule has 0 atom stereocenters. The standard InChI is InChI=1S/C23H32N4O3S2/c28-22(8-10-25-23(31)26-16-19-7-6-14-29-19)24-9-2-5-13-30-20-15-21(32-18-20)17-27-11-3-1-4-12-27/h2,6-7,9,14-15,18H,1,3-5,8,10-13,16-17H2,(H,24,28)(H2,25,26,31)/b9-2-. The Morgan fingerprint density at radius 2 is 2.16 bits per heavy atom. The molecule has 174 valence electrons. The van der Waals surface area contributed by atoms with Crippen LogP contribution in [-0.4, -0.2) is 42.2 Å². The van der Waals surface area contributed by atoms with Gasteiger partial charge in [-0.15, -0.1) is 11.3 Å². The number of carbonyl (C=O) groups excluding carboxylic acids is 1. The van der Waals surface area contributed by atoms with Crippen LogP contribution >= 0.6 is 23.6 Å². The predicted molar refractivity (Wildman–Crippen MR) is 132 cm³/mol. The fourth-order valence-corrected chi connectivity index (χ4v) is 4.36. The Hall–Kier alpha value is -2.36. The molecule has 3 N–H and O–H groups in total. The number of hydrogen-bond acceptors (Lipinski definition) is 6. The van der Waals surface area contributed by atoms with Gasteiger partial charge in [-0.05, 0) is 62.5 Å².